The van der Waals surface area contributed by atoms with Crippen molar-refractivity contribution in [3.05, 3.63) is 148 Å². The summed E-state index contributed by atoms with van der Waals surface area (Å²) in [5, 5.41) is 3.56. The molecule has 0 bridgehead atoms. The van der Waals surface area contributed by atoms with Crippen molar-refractivity contribution >= 4 is 23.0 Å². The van der Waals surface area contributed by atoms with E-state index in [1.54, 1.807) is 0 Å². The quantitative estimate of drug-likeness (QED) is 0.184. The van der Waals surface area contributed by atoms with Crippen LogP contribution in [-0.4, -0.2) is 28.4 Å². The minimum Gasteiger partial charge on any atom is -0.379 e. The van der Waals surface area contributed by atoms with Crippen LogP contribution in [0.3, 0.4) is 0 Å². The number of Topliss-reactive ketones (excluding diaryl/α,β-unsaturated/α-hetero) is 2. The smallest absolute Gasteiger partial charge is 0.190 e. The monoisotopic (exact) mass is 598 g/mol. The Hall–Kier alpha value is -4.57. The summed E-state index contributed by atoms with van der Waals surface area (Å²) in [4.78, 5) is 30.4. The molecule has 4 heteroatoms. The summed E-state index contributed by atoms with van der Waals surface area (Å²) in [6.07, 6.45) is 1.87. The van der Waals surface area contributed by atoms with E-state index in [1.165, 1.54) is 11.1 Å². The van der Waals surface area contributed by atoms with E-state index in [2.05, 4.69) is 69.4 Å². The van der Waals surface area contributed by atoms with Crippen LogP contribution in [0.1, 0.15) is 91.9 Å². The maximum absolute atomic E-state index is 12.8. The number of hydrogen-bond donors (Lipinski definition) is 1. The molecule has 1 N–H and O–H groups in total. The molecule has 0 aliphatic carbocycles. The SMILES string of the molecule is C.C/C(C(=O)c1ccccc1)=C1/NC(C)(C)Cc2ccccc21.CC(C(=O)c1ccccc1)C1=NC(C)(C)Cc2ccccc21. The third kappa shape index (κ3) is 7.57. The van der Waals surface area contributed by atoms with Gasteiger partial charge >= 0.3 is 0 Å². The van der Waals surface area contributed by atoms with Gasteiger partial charge in [-0.05, 0) is 71.1 Å². The third-order valence-electron chi connectivity index (χ3n) is 8.34. The molecule has 0 amide bonds. The Labute approximate surface area is 269 Å². The second-order valence-electron chi connectivity index (χ2n) is 13.1. The summed E-state index contributed by atoms with van der Waals surface area (Å²) in [5.41, 5.74) is 8.76. The van der Waals surface area contributed by atoms with E-state index in [-0.39, 0.29) is 36.0 Å². The highest BCUT2D eigenvalue weighted by Gasteiger charge is 2.32. The van der Waals surface area contributed by atoms with Crippen molar-refractivity contribution in [2.24, 2.45) is 10.9 Å². The van der Waals surface area contributed by atoms with Crippen LogP contribution in [-0.2, 0) is 12.8 Å². The van der Waals surface area contributed by atoms with Crippen LogP contribution in [0.4, 0.5) is 0 Å². The number of carbonyl (C=O) groups is 2. The maximum Gasteiger partial charge on any atom is 0.190 e. The van der Waals surface area contributed by atoms with Crippen molar-refractivity contribution in [2.45, 2.75) is 72.9 Å². The van der Waals surface area contributed by atoms with E-state index >= 15 is 0 Å². The van der Waals surface area contributed by atoms with Crippen LogP contribution in [0, 0.1) is 5.92 Å². The molecule has 232 valence electrons. The first-order valence-electron chi connectivity index (χ1n) is 15.4. The highest BCUT2D eigenvalue weighted by molar-refractivity contribution is 6.19. The van der Waals surface area contributed by atoms with Gasteiger partial charge in [-0.15, -0.1) is 0 Å². The highest BCUT2D eigenvalue weighted by atomic mass is 16.1. The molecule has 2 aliphatic heterocycles. The van der Waals surface area contributed by atoms with Crippen LogP contribution in [0.25, 0.3) is 5.70 Å². The number of aliphatic imine (C=N–C) groups is 1. The Morgan fingerprint density at radius 2 is 1.18 bits per heavy atom. The molecule has 1 atom stereocenters. The van der Waals surface area contributed by atoms with Crippen molar-refractivity contribution in [3.63, 3.8) is 0 Å². The van der Waals surface area contributed by atoms with Gasteiger partial charge in [-0.25, -0.2) is 0 Å². The van der Waals surface area contributed by atoms with Crippen LogP contribution < -0.4 is 5.32 Å². The topological polar surface area (TPSA) is 58.5 Å². The van der Waals surface area contributed by atoms with E-state index in [0.717, 1.165) is 52.1 Å². The lowest BCUT2D eigenvalue weighted by molar-refractivity contribution is 0.0960. The van der Waals surface area contributed by atoms with Gasteiger partial charge in [0.05, 0.1) is 17.2 Å². The average molecular weight is 599 g/mol. The van der Waals surface area contributed by atoms with Crippen molar-refractivity contribution < 1.29 is 9.59 Å². The van der Waals surface area contributed by atoms with Gasteiger partial charge in [-0.3, -0.25) is 14.6 Å². The van der Waals surface area contributed by atoms with Crippen molar-refractivity contribution in [1.82, 2.24) is 5.32 Å². The summed E-state index contributed by atoms with van der Waals surface area (Å²) in [6.45, 7) is 12.5. The first-order valence-corrected chi connectivity index (χ1v) is 15.4. The molecule has 4 aromatic rings. The van der Waals surface area contributed by atoms with Crippen LogP contribution in [0.15, 0.2) is 120 Å². The van der Waals surface area contributed by atoms with Crippen molar-refractivity contribution in [1.29, 1.82) is 0 Å². The lowest BCUT2D eigenvalue weighted by Gasteiger charge is -2.36. The van der Waals surface area contributed by atoms with Crippen LogP contribution in [0.2, 0.25) is 0 Å². The number of benzene rings is 4. The zero-order valence-corrected chi connectivity index (χ0v) is 26.6. The molecule has 4 nitrogen and oxygen atoms in total. The molecular formula is C41H46N2O2. The van der Waals surface area contributed by atoms with E-state index < -0.39 is 0 Å². The standard InChI is InChI=1S/2C20H21NO.CH4/c2*1-14(19(22)15-9-5-4-6-10-15)18-17-12-8-7-11-16(17)13-20(2,3)21-18;/h4-12,21H,13H2,1-3H3;4-12,14H,13H2,1-3H3;1H4/b18-14-;;. The number of allylic oxidation sites excluding steroid dienone is 1. The van der Waals surface area contributed by atoms with Gasteiger partial charge in [0.2, 0.25) is 0 Å². The normalized spacial score (nSPS) is 17.3. The lowest BCUT2D eigenvalue weighted by atomic mass is 9.81. The minimum absolute atomic E-state index is 0. The van der Waals surface area contributed by atoms with Gasteiger partial charge in [-0.1, -0.05) is 117 Å². The van der Waals surface area contributed by atoms with Crippen molar-refractivity contribution in [2.75, 3.05) is 0 Å². The first kappa shape index (κ1) is 33.3. The molecule has 0 fully saturated rings. The Morgan fingerprint density at radius 1 is 0.689 bits per heavy atom. The minimum atomic E-state index is -0.233. The molecule has 2 heterocycles. The van der Waals surface area contributed by atoms with Crippen LogP contribution >= 0.6 is 0 Å². The third-order valence-corrected chi connectivity index (χ3v) is 8.34. The number of nitrogens with one attached hydrogen (secondary N) is 1. The highest BCUT2D eigenvalue weighted by Crippen LogP contribution is 2.32. The predicted octanol–water partition coefficient (Wildman–Crippen LogP) is 9.19. The van der Waals surface area contributed by atoms with Gasteiger partial charge in [0.1, 0.15) is 0 Å². The molecule has 45 heavy (non-hydrogen) atoms. The molecule has 0 saturated carbocycles. The summed E-state index contributed by atoms with van der Waals surface area (Å²) >= 11 is 0. The number of ketones is 2. The van der Waals surface area contributed by atoms with Gasteiger partial charge in [0.25, 0.3) is 0 Å². The second kappa shape index (κ2) is 13.6. The van der Waals surface area contributed by atoms with E-state index in [9.17, 15) is 9.59 Å². The van der Waals surface area contributed by atoms with Gasteiger partial charge < -0.3 is 5.32 Å². The lowest BCUT2D eigenvalue weighted by Crippen LogP contribution is -2.44. The fraction of sp³-hybridized carbons (Fsp3) is 0.293. The van der Waals surface area contributed by atoms with E-state index in [4.69, 9.17) is 4.99 Å². The number of nitrogens with zero attached hydrogens (tertiary/aromatic N) is 1. The Morgan fingerprint density at radius 3 is 1.78 bits per heavy atom. The summed E-state index contributed by atoms with van der Waals surface area (Å²) < 4.78 is 0. The fourth-order valence-corrected chi connectivity index (χ4v) is 6.18. The van der Waals surface area contributed by atoms with Gasteiger partial charge in [-0.2, -0.15) is 0 Å². The molecule has 1 unspecified atom stereocenters. The zero-order valence-electron chi connectivity index (χ0n) is 26.6. The maximum atomic E-state index is 12.8. The number of hydrogen-bond acceptors (Lipinski definition) is 4. The Kier molecular flexibility index (Phi) is 10.1. The molecule has 6 rings (SSSR count). The average Bonchev–Trinajstić information content (AvgIpc) is 3.03. The van der Waals surface area contributed by atoms with Gasteiger partial charge in [0, 0.05) is 33.5 Å². The van der Waals surface area contributed by atoms with Gasteiger partial charge in [0.15, 0.2) is 11.6 Å². The first-order chi connectivity index (χ1) is 21.0. The molecule has 0 aromatic heterocycles. The molecule has 0 radical (unpaired) electrons. The predicted molar refractivity (Wildman–Crippen MR) is 188 cm³/mol. The molecule has 2 aliphatic rings. The number of carbonyl (C=O) groups excluding carboxylic acids is 2. The summed E-state index contributed by atoms with van der Waals surface area (Å²) in [5.74, 6) is -0.0226. The Bertz CT molecular complexity index is 1730. The Balaban J connectivity index is 0.000000200. The van der Waals surface area contributed by atoms with Crippen LogP contribution in [0.5, 0.6) is 0 Å². The zero-order chi connectivity index (χ0) is 31.5. The summed E-state index contributed by atoms with van der Waals surface area (Å²) in [7, 11) is 0. The van der Waals surface area contributed by atoms with E-state index in [1.807, 2.05) is 86.6 Å². The largest absolute Gasteiger partial charge is 0.379 e. The molecular weight excluding hydrogens is 552 g/mol. The fourth-order valence-electron chi connectivity index (χ4n) is 6.18. The second-order valence-corrected chi connectivity index (χ2v) is 13.1. The van der Waals surface area contributed by atoms with E-state index in [0.29, 0.717) is 0 Å². The molecule has 0 saturated heterocycles. The summed E-state index contributed by atoms with van der Waals surface area (Å²) in [6, 6.07) is 35.6. The van der Waals surface area contributed by atoms with Crippen molar-refractivity contribution in [3.8, 4) is 0 Å². The molecule has 4 aromatic carbocycles. The molecule has 0 spiro atoms. The number of rotatable bonds is 5. The number of fused-ring (bicyclic) bond motifs is 2.